The SMILES string of the molecule is COc1ccc(N2C[C@@H](NC(=O)N(CCO)Cc3ccccc3)CC2=O)cc1. The highest BCUT2D eigenvalue weighted by Crippen LogP contribution is 2.24. The zero-order valence-electron chi connectivity index (χ0n) is 15.9. The lowest BCUT2D eigenvalue weighted by Gasteiger charge is -2.24. The molecule has 0 spiro atoms. The number of anilines is 1. The third-order valence-corrected chi connectivity index (χ3v) is 4.71. The van der Waals surface area contributed by atoms with Gasteiger partial charge in [-0.05, 0) is 29.8 Å². The fourth-order valence-corrected chi connectivity index (χ4v) is 3.26. The topological polar surface area (TPSA) is 82.1 Å². The number of hydrogen-bond acceptors (Lipinski definition) is 4. The summed E-state index contributed by atoms with van der Waals surface area (Å²) < 4.78 is 5.14. The van der Waals surface area contributed by atoms with Crippen molar-refractivity contribution in [1.29, 1.82) is 0 Å². The molecule has 2 N–H and O–H groups in total. The molecule has 1 atom stereocenters. The van der Waals surface area contributed by atoms with Crippen molar-refractivity contribution in [2.75, 3.05) is 31.7 Å². The minimum absolute atomic E-state index is 0.0350. The molecule has 2 aromatic carbocycles. The van der Waals surface area contributed by atoms with Gasteiger partial charge in [0.25, 0.3) is 0 Å². The van der Waals surface area contributed by atoms with Crippen LogP contribution in [0.25, 0.3) is 0 Å². The average Bonchev–Trinajstić information content (AvgIpc) is 3.08. The van der Waals surface area contributed by atoms with E-state index in [0.29, 0.717) is 13.1 Å². The molecule has 0 aliphatic carbocycles. The van der Waals surface area contributed by atoms with Crippen molar-refractivity contribution in [3.8, 4) is 5.75 Å². The van der Waals surface area contributed by atoms with Gasteiger partial charge in [0.05, 0.1) is 19.8 Å². The van der Waals surface area contributed by atoms with E-state index in [0.717, 1.165) is 17.0 Å². The Morgan fingerprint density at radius 3 is 2.57 bits per heavy atom. The Morgan fingerprint density at radius 2 is 1.93 bits per heavy atom. The second kappa shape index (κ2) is 9.23. The first-order chi connectivity index (χ1) is 13.6. The maximum Gasteiger partial charge on any atom is 0.318 e. The molecule has 3 amide bonds. The number of nitrogens with zero attached hydrogens (tertiary/aromatic N) is 2. The summed E-state index contributed by atoms with van der Waals surface area (Å²) in [5, 5.41) is 12.2. The van der Waals surface area contributed by atoms with Gasteiger partial charge in [-0.25, -0.2) is 4.79 Å². The summed E-state index contributed by atoms with van der Waals surface area (Å²) >= 11 is 0. The molecule has 0 aromatic heterocycles. The number of amides is 3. The molecule has 1 aliphatic heterocycles. The summed E-state index contributed by atoms with van der Waals surface area (Å²) in [6.07, 6.45) is 0.246. The molecule has 0 bridgehead atoms. The smallest absolute Gasteiger partial charge is 0.318 e. The van der Waals surface area contributed by atoms with Crippen LogP contribution in [0.15, 0.2) is 54.6 Å². The maximum atomic E-state index is 12.7. The number of methoxy groups -OCH3 is 1. The molecule has 1 fully saturated rings. The highest BCUT2D eigenvalue weighted by molar-refractivity contribution is 5.96. The van der Waals surface area contributed by atoms with Gasteiger partial charge in [-0.15, -0.1) is 0 Å². The van der Waals surface area contributed by atoms with Crippen LogP contribution in [0.3, 0.4) is 0 Å². The van der Waals surface area contributed by atoms with E-state index in [1.54, 1.807) is 29.0 Å². The van der Waals surface area contributed by atoms with Gasteiger partial charge >= 0.3 is 6.03 Å². The van der Waals surface area contributed by atoms with Crippen molar-refractivity contribution in [2.24, 2.45) is 0 Å². The molecule has 0 saturated carbocycles. The summed E-state index contributed by atoms with van der Waals surface area (Å²) in [5.74, 6) is 0.688. The Morgan fingerprint density at radius 1 is 1.21 bits per heavy atom. The standard InChI is InChI=1S/C21H25N3O4/c1-28-19-9-7-18(8-10-19)24-15-17(13-20(24)26)22-21(27)23(11-12-25)14-16-5-3-2-4-6-16/h2-10,17,25H,11-15H2,1H3,(H,22,27)/t17-/m0/s1. The summed E-state index contributed by atoms with van der Waals surface area (Å²) in [5.41, 5.74) is 1.76. The number of ether oxygens (including phenoxy) is 1. The first-order valence-electron chi connectivity index (χ1n) is 9.25. The number of rotatable bonds is 7. The summed E-state index contributed by atoms with van der Waals surface area (Å²) in [6.45, 7) is 0.913. The second-order valence-corrected chi connectivity index (χ2v) is 6.68. The van der Waals surface area contributed by atoms with E-state index in [4.69, 9.17) is 4.74 Å². The van der Waals surface area contributed by atoms with Crippen LogP contribution < -0.4 is 15.0 Å². The Balaban J connectivity index is 1.61. The van der Waals surface area contributed by atoms with E-state index in [-0.39, 0.29) is 37.6 Å². The summed E-state index contributed by atoms with van der Waals surface area (Å²) in [7, 11) is 1.59. The van der Waals surface area contributed by atoms with Crippen LogP contribution in [0, 0.1) is 0 Å². The van der Waals surface area contributed by atoms with Crippen LogP contribution in [0.5, 0.6) is 5.75 Å². The van der Waals surface area contributed by atoms with Gasteiger partial charge in [-0.1, -0.05) is 30.3 Å². The molecule has 3 rings (SSSR count). The van der Waals surface area contributed by atoms with Crippen LogP contribution >= 0.6 is 0 Å². The number of aliphatic hydroxyl groups is 1. The number of carbonyl (C=O) groups excluding carboxylic acids is 2. The van der Waals surface area contributed by atoms with Crippen molar-refractivity contribution in [2.45, 2.75) is 19.0 Å². The van der Waals surface area contributed by atoms with Crippen molar-refractivity contribution < 1.29 is 19.4 Å². The van der Waals surface area contributed by atoms with E-state index in [2.05, 4.69) is 5.32 Å². The zero-order chi connectivity index (χ0) is 19.9. The van der Waals surface area contributed by atoms with E-state index >= 15 is 0 Å². The van der Waals surface area contributed by atoms with Gasteiger partial charge in [-0.2, -0.15) is 0 Å². The fourth-order valence-electron chi connectivity index (χ4n) is 3.26. The van der Waals surface area contributed by atoms with E-state index in [1.807, 2.05) is 42.5 Å². The molecule has 2 aromatic rings. The van der Waals surface area contributed by atoms with Crippen LogP contribution in [0.4, 0.5) is 10.5 Å². The molecule has 7 heteroatoms. The highest BCUT2D eigenvalue weighted by Gasteiger charge is 2.32. The Labute approximate surface area is 164 Å². The number of hydrogen-bond donors (Lipinski definition) is 2. The minimum Gasteiger partial charge on any atom is -0.497 e. The molecular weight excluding hydrogens is 358 g/mol. The van der Waals surface area contributed by atoms with Crippen molar-refractivity contribution in [3.05, 3.63) is 60.2 Å². The first-order valence-corrected chi connectivity index (χ1v) is 9.25. The predicted molar refractivity (Wildman–Crippen MR) is 106 cm³/mol. The van der Waals surface area contributed by atoms with Gasteiger partial charge < -0.3 is 25.0 Å². The van der Waals surface area contributed by atoms with Gasteiger partial charge in [0.15, 0.2) is 0 Å². The summed E-state index contributed by atoms with van der Waals surface area (Å²) in [6, 6.07) is 16.3. The van der Waals surface area contributed by atoms with Gasteiger partial charge in [0.2, 0.25) is 5.91 Å². The van der Waals surface area contributed by atoms with Crippen LogP contribution in [-0.2, 0) is 11.3 Å². The number of benzene rings is 2. The lowest BCUT2D eigenvalue weighted by Crippen LogP contribution is -2.46. The lowest BCUT2D eigenvalue weighted by atomic mass is 10.2. The van der Waals surface area contributed by atoms with Crippen molar-refractivity contribution >= 4 is 17.6 Å². The molecule has 1 saturated heterocycles. The van der Waals surface area contributed by atoms with Crippen LogP contribution in [-0.4, -0.2) is 54.8 Å². The largest absolute Gasteiger partial charge is 0.497 e. The third-order valence-electron chi connectivity index (χ3n) is 4.71. The first kappa shape index (κ1) is 19.7. The molecule has 1 heterocycles. The third kappa shape index (κ3) is 4.80. The lowest BCUT2D eigenvalue weighted by molar-refractivity contribution is -0.117. The molecule has 7 nitrogen and oxygen atoms in total. The second-order valence-electron chi connectivity index (χ2n) is 6.68. The average molecular weight is 383 g/mol. The molecule has 0 unspecified atom stereocenters. The van der Waals surface area contributed by atoms with Crippen molar-refractivity contribution in [1.82, 2.24) is 10.2 Å². The Bertz CT molecular complexity index is 795. The number of aliphatic hydroxyl groups excluding tert-OH is 1. The maximum absolute atomic E-state index is 12.7. The fraction of sp³-hybridized carbons (Fsp3) is 0.333. The number of carbonyl (C=O) groups is 2. The van der Waals surface area contributed by atoms with Gasteiger partial charge in [-0.3, -0.25) is 4.79 Å². The monoisotopic (exact) mass is 383 g/mol. The minimum atomic E-state index is -0.285. The van der Waals surface area contributed by atoms with E-state index < -0.39 is 0 Å². The molecule has 0 radical (unpaired) electrons. The normalized spacial score (nSPS) is 16.1. The number of nitrogens with one attached hydrogen (secondary N) is 1. The van der Waals surface area contributed by atoms with E-state index in [9.17, 15) is 14.7 Å². The van der Waals surface area contributed by atoms with Crippen LogP contribution in [0.1, 0.15) is 12.0 Å². The molecule has 28 heavy (non-hydrogen) atoms. The summed E-state index contributed by atoms with van der Waals surface area (Å²) in [4.78, 5) is 28.3. The Hall–Kier alpha value is -3.06. The van der Waals surface area contributed by atoms with Gasteiger partial charge in [0.1, 0.15) is 5.75 Å². The van der Waals surface area contributed by atoms with Crippen molar-refractivity contribution in [3.63, 3.8) is 0 Å². The molecule has 1 aliphatic rings. The molecular formula is C21H25N3O4. The van der Waals surface area contributed by atoms with Gasteiger partial charge in [0, 0.05) is 31.7 Å². The quantitative estimate of drug-likeness (QED) is 0.766. The number of urea groups is 1. The van der Waals surface area contributed by atoms with Crippen LogP contribution in [0.2, 0.25) is 0 Å². The Kier molecular flexibility index (Phi) is 6.49. The van der Waals surface area contributed by atoms with E-state index in [1.165, 1.54) is 0 Å². The predicted octanol–water partition coefficient (Wildman–Crippen LogP) is 2.00. The zero-order valence-corrected chi connectivity index (χ0v) is 15.9. The highest BCUT2D eigenvalue weighted by atomic mass is 16.5. The molecule has 148 valence electrons.